The van der Waals surface area contributed by atoms with E-state index in [1.54, 1.807) is 0 Å². The Balaban J connectivity index is 4.40. The highest BCUT2D eigenvalue weighted by Gasteiger charge is 2.19. The van der Waals surface area contributed by atoms with Crippen molar-refractivity contribution in [1.82, 2.24) is 0 Å². The molecule has 0 aliphatic heterocycles. The van der Waals surface area contributed by atoms with Crippen molar-refractivity contribution in [2.45, 2.75) is 297 Å². The molecule has 75 heavy (non-hydrogen) atoms. The number of allylic oxidation sites excluding steroid dienone is 18. The van der Waals surface area contributed by atoms with Crippen LogP contribution in [-0.2, 0) is 28.6 Å². The highest BCUT2D eigenvalue weighted by atomic mass is 16.6. The van der Waals surface area contributed by atoms with Crippen molar-refractivity contribution in [2.24, 2.45) is 0 Å². The van der Waals surface area contributed by atoms with Gasteiger partial charge >= 0.3 is 17.9 Å². The van der Waals surface area contributed by atoms with Gasteiger partial charge in [-0.1, -0.05) is 259 Å². The maximum Gasteiger partial charge on any atom is 0.306 e. The van der Waals surface area contributed by atoms with E-state index in [4.69, 9.17) is 14.2 Å². The summed E-state index contributed by atoms with van der Waals surface area (Å²) in [4.78, 5) is 38.3. The monoisotopic (exact) mass is 1040 g/mol. The van der Waals surface area contributed by atoms with Crippen LogP contribution in [0.15, 0.2) is 109 Å². The Kier molecular flexibility index (Phi) is 59.3. The zero-order valence-corrected chi connectivity index (χ0v) is 49.0. The van der Waals surface area contributed by atoms with Gasteiger partial charge in [0.1, 0.15) is 13.2 Å². The van der Waals surface area contributed by atoms with Crippen molar-refractivity contribution in [1.29, 1.82) is 0 Å². The summed E-state index contributed by atoms with van der Waals surface area (Å²) in [5, 5.41) is 0. The summed E-state index contributed by atoms with van der Waals surface area (Å²) in [6, 6.07) is 0. The number of hydrogen-bond acceptors (Lipinski definition) is 6. The first-order chi connectivity index (χ1) is 37.0. The molecule has 0 heterocycles. The Morgan fingerprint density at radius 3 is 0.880 bits per heavy atom. The van der Waals surface area contributed by atoms with Crippen molar-refractivity contribution < 1.29 is 28.6 Å². The van der Waals surface area contributed by atoms with Crippen molar-refractivity contribution in [3.63, 3.8) is 0 Å². The lowest BCUT2D eigenvalue weighted by Gasteiger charge is -2.18. The summed E-state index contributed by atoms with van der Waals surface area (Å²) in [6.07, 6.45) is 85.3. The van der Waals surface area contributed by atoms with E-state index in [2.05, 4.69) is 130 Å². The minimum atomic E-state index is -0.816. The van der Waals surface area contributed by atoms with E-state index >= 15 is 0 Å². The van der Waals surface area contributed by atoms with Gasteiger partial charge in [0.15, 0.2) is 6.10 Å². The number of unbranched alkanes of at least 4 members (excludes halogenated alkanes) is 27. The molecule has 0 radical (unpaired) electrons. The summed E-state index contributed by atoms with van der Waals surface area (Å²) < 4.78 is 16.8. The maximum atomic E-state index is 12.9. The van der Waals surface area contributed by atoms with Gasteiger partial charge in [0.25, 0.3) is 0 Å². The van der Waals surface area contributed by atoms with Gasteiger partial charge in [-0.25, -0.2) is 0 Å². The third-order valence-corrected chi connectivity index (χ3v) is 13.2. The lowest BCUT2D eigenvalue weighted by atomic mass is 10.0. The average molecular weight is 1040 g/mol. The predicted molar refractivity (Wildman–Crippen MR) is 325 cm³/mol. The summed E-state index contributed by atoms with van der Waals surface area (Å²) in [6.45, 7) is 6.45. The van der Waals surface area contributed by atoms with E-state index in [1.807, 2.05) is 0 Å². The largest absolute Gasteiger partial charge is 0.462 e. The molecule has 0 aliphatic rings. The lowest BCUT2D eigenvalue weighted by molar-refractivity contribution is -0.167. The third kappa shape index (κ3) is 60.8. The number of hydrogen-bond donors (Lipinski definition) is 0. The normalized spacial score (nSPS) is 12.8. The standard InChI is InChI=1S/C69H116O6/c1-4-7-10-13-16-19-22-25-28-30-31-32-33-34-35-36-37-39-41-44-47-50-53-56-59-62-68(71)74-65-66(64-73-67(70)61-58-55-52-49-46-43-40-27-24-21-18-15-12-9-6-3)75-69(72)63-60-57-54-51-48-45-42-38-29-26-23-20-17-14-11-8-5-2/h8,11,17-18,20-22,25-27,29-31,40,42,45,51,54,66H,4-7,9-10,12-16,19,23-24,28,32-39,41,43-44,46-50,52-53,55-65H2,1-3H3/b11-8-,20-17-,21-18-,25-22-,29-26-,31-30-,40-27-,45-42-,54-51-. The summed E-state index contributed by atoms with van der Waals surface area (Å²) >= 11 is 0. The van der Waals surface area contributed by atoms with Gasteiger partial charge < -0.3 is 14.2 Å². The molecular formula is C69H116O6. The van der Waals surface area contributed by atoms with Crippen LogP contribution in [0.3, 0.4) is 0 Å². The average Bonchev–Trinajstić information content (AvgIpc) is 3.41. The summed E-state index contributed by atoms with van der Waals surface area (Å²) in [5.74, 6) is -0.975. The number of carbonyl (C=O) groups excluding carboxylic acids is 3. The highest BCUT2D eigenvalue weighted by Crippen LogP contribution is 2.15. The third-order valence-electron chi connectivity index (χ3n) is 13.2. The van der Waals surface area contributed by atoms with Gasteiger partial charge in [-0.15, -0.1) is 0 Å². The van der Waals surface area contributed by atoms with Gasteiger partial charge in [0.2, 0.25) is 0 Å². The molecule has 0 rings (SSSR count). The number of ether oxygens (including phenoxy) is 3. The Morgan fingerprint density at radius 2 is 0.533 bits per heavy atom. The van der Waals surface area contributed by atoms with Crippen LogP contribution in [0.4, 0.5) is 0 Å². The second-order valence-electron chi connectivity index (χ2n) is 20.6. The fraction of sp³-hybridized carbons (Fsp3) is 0.696. The Labute approximate surface area is 463 Å². The van der Waals surface area contributed by atoms with Crippen molar-refractivity contribution in [2.75, 3.05) is 13.2 Å². The van der Waals surface area contributed by atoms with Crippen LogP contribution in [0.2, 0.25) is 0 Å². The van der Waals surface area contributed by atoms with Gasteiger partial charge in [0, 0.05) is 19.3 Å². The molecule has 0 bridgehead atoms. The molecule has 0 aliphatic carbocycles. The van der Waals surface area contributed by atoms with Gasteiger partial charge in [-0.2, -0.15) is 0 Å². The van der Waals surface area contributed by atoms with Crippen LogP contribution in [0.1, 0.15) is 290 Å². The number of rotatable bonds is 56. The molecule has 0 aromatic rings. The van der Waals surface area contributed by atoms with E-state index in [0.29, 0.717) is 19.3 Å². The Morgan fingerprint density at radius 1 is 0.280 bits per heavy atom. The van der Waals surface area contributed by atoms with Crippen molar-refractivity contribution in [3.8, 4) is 0 Å². The molecule has 1 atom stereocenters. The van der Waals surface area contributed by atoms with E-state index < -0.39 is 6.10 Å². The van der Waals surface area contributed by atoms with Crippen LogP contribution in [-0.4, -0.2) is 37.2 Å². The number of esters is 3. The molecule has 6 heteroatoms. The molecule has 0 N–H and O–H groups in total. The molecule has 428 valence electrons. The van der Waals surface area contributed by atoms with E-state index in [0.717, 1.165) is 109 Å². The predicted octanol–water partition coefficient (Wildman–Crippen LogP) is 21.4. The van der Waals surface area contributed by atoms with Crippen LogP contribution in [0, 0.1) is 0 Å². The number of carbonyl (C=O) groups is 3. The Bertz CT molecular complexity index is 1520. The zero-order valence-electron chi connectivity index (χ0n) is 49.0. The molecule has 6 nitrogen and oxygen atoms in total. The smallest absolute Gasteiger partial charge is 0.306 e. The second-order valence-corrected chi connectivity index (χ2v) is 20.6. The van der Waals surface area contributed by atoms with Crippen molar-refractivity contribution >= 4 is 17.9 Å². The lowest BCUT2D eigenvalue weighted by Crippen LogP contribution is -2.30. The van der Waals surface area contributed by atoms with E-state index in [1.165, 1.54) is 135 Å². The molecule has 1 unspecified atom stereocenters. The summed E-state index contributed by atoms with van der Waals surface area (Å²) in [5.41, 5.74) is 0. The minimum Gasteiger partial charge on any atom is -0.462 e. The van der Waals surface area contributed by atoms with Crippen molar-refractivity contribution in [3.05, 3.63) is 109 Å². The first-order valence-corrected chi connectivity index (χ1v) is 31.4. The molecule has 0 saturated heterocycles. The van der Waals surface area contributed by atoms with Gasteiger partial charge in [-0.3, -0.25) is 14.4 Å². The SMILES string of the molecule is CC/C=C\C/C=C\C/C=C\C/C=C\C/C=C\CCCC(=O)OC(COC(=O)CCCCCCC/C=C\C/C=C\CCCCC)COC(=O)CCCCCCCCCCCCCCC/C=C\C/C=C\CCCCCCC. The summed E-state index contributed by atoms with van der Waals surface area (Å²) in [7, 11) is 0. The maximum absolute atomic E-state index is 12.9. The molecule has 0 aromatic carbocycles. The quantitative estimate of drug-likeness (QED) is 0.0261. The molecule has 0 amide bonds. The zero-order chi connectivity index (χ0) is 54.3. The minimum absolute atomic E-state index is 0.106. The molecule has 0 fully saturated rings. The van der Waals surface area contributed by atoms with E-state index in [9.17, 15) is 14.4 Å². The highest BCUT2D eigenvalue weighted by molar-refractivity contribution is 5.71. The fourth-order valence-electron chi connectivity index (χ4n) is 8.54. The van der Waals surface area contributed by atoms with E-state index in [-0.39, 0.29) is 37.5 Å². The van der Waals surface area contributed by atoms with Crippen LogP contribution in [0.25, 0.3) is 0 Å². The first-order valence-electron chi connectivity index (χ1n) is 31.4. The molecule has 0 spiro atoms. The second kappa shape index (κ2) is 62.6. The van der Waals surface area contributed by atoms with Crippen LogP contribution >= 0.6 is 0 Å². The Hall–Kier alpha value is -3.93. The molecule has 0 saturated carbocycles. The molecule has 0 aromatic heterocycles. The van der Waals surface area contributed by atoms with Gasteiger partial charge in [0.05, 0.1) is 0 Å². The van der Waals surface area contributed by atoms with Crippen LogP contribution in [0.5, 0.6) is 0 Å². The van der Waals surface area contributed by atoms with Crippen LogP contribution < -0.4 is 0 Å². The molecular weight excluding hydrogens is 925 g/mol. The van der Waals surface area contributed by atoms with Gasteiger partial charge in [-0.05, 0) is 122 Å². The topological polar surface area (TPSA) is 78.9 Å². The first kappa shape index (κ1) is 71.1. The fourth-order valence-corrected chi connectivity index (χ4v) is 8.54.